The van der Waals surface area contributed by atoms with Crippen LogP contribution in [0.3, 0.4) is 0 Å². The number of methoxy groups -OCH3 is 1. The van der Waals surface area contributed by atoms with Crippen molar-refractivity contribution in [1.82, 2.24) is 10.2 Å². The maximum absolute atomic E-state index is 11.5. The van der Waals surface area contributed by atoms with Crippen LogP contribution in [0.25, 0.3) is 0 Å². The van der Waals surface area contributed by atoms with Crippen LogP contribution in [-0.4, -0.2) is 43.0 Å². The molecular formula is C11H19N3O3S. The minimum absolute atomic E-state index is 0.00243. The van der Waals surface area contributed by atoms with Crippen molar-refractivity contribution in [3.05, 3.63) is 5.01 Å². The number of amides is 1. The summed E-state index contributed by atoms with van der Waals surface area (Å²) < 4.78 is 9.90. The summed E-state index contributed by atoms with van der Waals surface area (Å²) in [6, 6.07) is 0. The molecule has 1 heterocycles. The largest absolute Gasteiger partial charge is 0.382 e. The maximum Gasteiger partial charge on any atom is 0.252 e. The molecule has 0 aliphatic rings. The van der Waals surface area contributed by atoms with Crippen molar-refractivity contribution in [2.24, 2.45) is 5.92 Å². The Bertz CT molecular complexity index is 368. The topological polar surface area (TPSA) is 73.3 Å². The van der Waals surface area contributed by atoms with Crippen molar-refractivity contribution in [1.29, 1.82) is 0 Å². The molecule has 0 saturated carbocycles. The highest BCUT2D eigenvalue weighted by atomic mass is 32.1. The highest BCUT2D eigenvalue weighted by molar-refractivity contribution is 7.15. The molecule has 0 aliphatic carbocycles. The fourth-order valence-electron chi connectivity index (χ4n) is 1.20. The van der Waals surface area contributed by atoms with Gasteiger partial charge in [0.15, 0.2) is 0 Å². The Hall–Kier alpha value is -1.05. The number of nitrogens with zero attached hydrogens (tertiary/aromatic N) is 2. The van der Waals surface area contributed by atoms with E-state index in [1.807, 2.05) is 0 Å². The molecule has 0 saturated heterocycles. The standard InChI is InChI=1S/C11H19N3O3S/c1-8(2)6-10-13-14-11(18-10)12-9(15)7-17-5-4-16-3/h8H,4-7H2,1-3H3,(H,12,14,15). The molecule has 0 unspecified atom stereocenters. The van der Waals surface area contributed by atoms with Gasteiger partial charge in [-0.05, 0) is 5.92 Å². The van der Waals surface area contributed by atoms with Crippen LogP contribution in [0.5, 0.6) is 0 Å². The summed E-state index contributed by atoms with van der Waals surface area (Å²) in [7, 11) is 1.58. The van der Waals surface area contributed by atoms with E-state index >= 15 is 0 Å². The van der Waals surface area contributed by atoms with Gasteiger partial charge in [0, 0.05) is 13.5 Å². The first-order valence-electron chi connectivity index (χ1n) is 5.80. The van der Waals surface area contributed by atoms with E-state index in [9.17, 15) is 4.79 Å². The highest BCUT2D eigenvalue weighted by Gasteiger charge is 2.09. The van der Waals surface area contributed by atoms with Crippen molar-refractivity contribution < 1.29 is 14.3 Å². The first-order valence-corrected chi connectivity index (χ1v) is 6.62. The number of hydrogen-bond acceptors (Lipinski definition) is 6. The minimum Gasteiger partial charge on any atom is -0.382 e. The molecule has 0 atom stereocenters. The molecular weight excluding hydrogens is 254 g/mol. The van der Waals surface area contributed by atoms with Gasteiger partial charge >= 0.3 is 0 Å². The number of carbonyl (C=O) groups excluding carboxylic acids is 1. The summed E-state index contributed by atoms with van der Waals surface area (Å²) in [6.07, 6.45) is 0.873. The van der Waals surface area contributed by atoms with Crippen LogP contribution in [0.2, 0.25) is 0 Å². The Kier molecular flexibility index (Phi) is 6.77. The molecule has 1 aromatic rings. The lowest BCUT2D eigenvalue weighted by molar-refractivity contribution is -0.121. The van der Waals surface area contributed by atoms with Gasteiger partial charge in [0.2, 0.25) is 5.13 Å². The smallest absolute Gasteiger partial charge is 0.252 e. The molecule has 1 N–H and O–H groups in total. The van der Waals surface area contributed by atoms with Gasteiger partial charge in [-0.1, -0.05) is 25.2 Å². The number of carbonyl (C=O) groups is 1. The average Bonchev–Trinajstić information content (AvgIpc) is 2.71. The summed E-state index contributed by atoms with van der Waals surface area (Å²) in [5.74, 6) is 0.303. The normalized spacial score (nSPS) is 10.9. The van der Waals surface area contributed by atoms with E-state index in [-0.39, 0.29) is 12.5 Å². The zero-order valence-corrected chi connectivity index (χ0v) is 11.7. The fraction of sp³-hybridized carbons (Fsp3) is 0.727. The molecule has 0 fully saturated rings. The lowest BCUT2D eigenvalue weighted by Gasteiger charge is -2.02. The Balaban J connectivity index is 2.28. The lowest BCUT2D eigenvalue weighted by atomic mass is 10.1. The molecule has 1 rings (SSSR count). The molecule has 1 amide bonds. The number of aromatic nitrogens is 2. The van der Waals surface area contributed by atoms with E-state index in [0.29, 0.717) is 24.3 Å². The molecule has 1 aromatic heterocycles. The highest BCUT2D eigenvalue weighted by Crippen LogP contribution is 2.17. The number of nitrogens with one attached hydrogen (secondary N) is 1. The summed E-state index contributed by atoms with van der Waals surface area (Å²) in [4.78, 5) is 11.5. The number of hydrogen-bond donors (Lipinski definition) is 1. The second kappa shape index (κ2) is 8.12. The van der Waals surface area contributed by atoms with Gasteiger partial charge in [-0.2, -0.15) is 0 Å². The predicted molar refractivity (Wildman–Crippen MR) is 69.8 cm³/mol. The van der Waals surface area contributed by atoms with Crippen LogP contribution in [0.15, 0.2) is 0 Å². The van der Waals surface area contributed by atoms with Gasteiger partial charge < -0.3 is 9.47 Å². The molecule has 102 valence electrons. The molecule has 0 bridgehead atoms. The average molecular weight is 273 g/mol. The van der Waals surface area contributed by atoms with Gasteiger partial charge in [-0.25, -0.2) is 0 Å². The molecule has 7 heteroatoms. The van der Waals surface area contributed by atoms with Crippen LogP contribution in [0, 0.1) is 5.92 Å². The Morgan fingerprint density at radius 1 is 1.39 bits per heavy atom. The molecule has 0 spiro atoms. The monoisotopic (exact) mass is 273 g/mol. The first-order chi connectivity index (χ1) is 8.61. The first kappa shape index (κ1) is 15.0. The Morgan fingerprint density at radius 3 is 2.83 bits per heavy atom. The van der Waals surface area contributed by atoms with Gasteiger partial charge in [0.1, 0.15) is 11.6 Å². The molecule has 6 nitrogen and oxygen atoms in total. The maximum atomic E-state index is 11.5. The summed E-state index contributed by atoms with van der Waals surface area (Å²) in [5.41, 5.74) is 0. The zero-order chi connectivity index (χ0) is 13.4. The van der Waals surface area contributed by atoms with Gasteiger partial charge in [0.05, 0.1) is 13.2 Å². The second-order valence-electron chi connectivity index (χ2n) is 4.19. The quantitative estimate of drug-likeness (QED) is 0.723. The number of rotatable bonds is 8. The van der Waals surface area contributed by atoms with Crippen molar-refractivity contribution in [3.63, 3.8) is 0 Å². The third-order valence-corrected chi connectivity index (χ3v) is 2.82. The third kappa shape index (κ3) is 6.04. The summed E-state index contributed by atoms with van der Waals surface area (Å²) >= 11 is 1.40. The van der Waals surface area contributed by atoms with Gasteiger partial charge in [-0.3, -0.25) is 10.1 Å². The molecule has 0 aliphatic heterocycles. The molecule has 18 heavy (non-hydrogen) atoms. The third-order valence-electron chi connectivity index (χ3n) is 1.96. The molecule has 0 radical (unpaired) electrons. The Morgan fingerprint density at radius 2 is 2.17 bits per heavy atom. The van der Waals surface area contributed by atoms with E-state index in [0.717, 1.165) is 11.4 Å². The van der Waals surface area contributed by atoms with Crippen LogP contribution in [0.4, 0.5) is 5.13 Å². The van der Waals surface area contributed by atoms with Crippen LogP contribution in [-0.2, 0) is 20.7 Å². The van der Waals surface area contributed by atoms with Crippen LogP contribution >= 0.6 is 11.3 Å². The van der Waals surface area contributed by atoms with Crippen molar-refractivity contribution in [2.45, 2.75) is 20.3 Å². The van der Waals surface area contributed by atoms with Crippen molar-refractivity contribution >= 4 is 22.4 Å². The number of ether oxygens (including phenoxy) is 2. The van der Waals surface area contributed by atoms with Gasteiger partial charge in [-0.15, -0.1) is 10.2 Å². The van der Waals surface area contributed by atoms with Crippen LogP contribution < -0.4 is 5.32 Å². The summed E-state index contributed by atoms with van der Waals surface area (Å²) in [5, 5.41) is 12.0. The molecule has 0 aromatic carbocycles. The Labute approximate surface area is 111 Å². The van der Waals surface area contributed by atoms with E-state index in [1.165, 1.54) is 11.3 Å². The van der Waals surface area contributed by atoms with Gasteiger partial charge in [0.25, 0.3) is 5.91 Å². The van der Waals surface area contributed by atoms with E-state index in [2.05, 4.69) is 29.4 Å². The number of anilines is 1. The van der Waals surface area contributed by atoms with E-state index < -0.39 is 0 Å². The SMILES string of the molecule is COCCOCC(=O)Nc1nnc(CC(C)C)s1. The minimum atomic E-state index is -0.224. The van der Waals surface area contributed by atoms with Crippen molar-refractivity contribution in [3.8, 4) is 0 Å². The summed E-state index contributed by atoms with van der Waals surface area (Å²) in [6.45, 7) is 5.11. The van der Waals surface area contributed by atoms with Crippen molar-refractivity contribution in [2.75, 3.05) is 32.2 Å². The zero-order valence-electron chi connectivity index (χ0n) is 10.9. The van der Waals surface area contributed by atoms with Crippen LogP contribution in [0.1, 0.15) is 18.9 Å². The lowest BCUT2D eigenvalue weighted by Crippen LogP contribution is -2.19. The second-order valence-corrected chi connectivity index (χ2v) is 5.25. The predicted octanol–water partition coefficient (Wildman–Crippen LogP) is 1.34. The van der Waals surface area contributed by atoms with E-state index in [1.54, 1.807) is 7.11 Å². The van der Waals surface area contributed by atoms with E-state index in [4.69, 9.17) is 9.47 Å². The fourth-order valence-corrected chi connectivity index (χ4v) is 2.17.